The quantitative estimate of drug-likeness (QED) is 0.474. The predicted octanol–water partition coefficient (Wildman–Crippen LogP) is 0.620. The molecule has 26 heavy (non-hydrogen) atoms. The van der Waals surface area contributed by atoms with E-state index in [0.29, 0.717) is 31.9 Å². The van der Waals surface area contributed by atoms with Gasteiger partial charge in [0.2, 0.25) is 10.0 Å². The molecule has 3 N–H and O–H groups in total. The summed E-state index contributed by atoms with van der Waals surface area (Å²) in [6.07, 6.45) is 4.49. The Labute approximate surface area is 162 Å². The second-order valence-electron chi connectivity index (χ2n) is 7.21. The number of aliphatic imine (C=N–C) groups is 2. The number of rotatable bonds is 7. The summed E-state index contributed by atoms with van der Waals surface area (Å²) >= 11 is 1.63. The molecule has 1 unspecified atom stereocenters. The Bertz CT molecular complexity index is 596. The van der Waals surface area contributed by atoms with Gasteiger partial charge in [0.05, 0.1) is 17.3 Å². The van der Waals surface area contributed by atoms with Crippen molar-refractivity contribution >= 4 is 32.8 Å². The van der Waals surface area contributed by atoms with Gasteiger partial charge in [-0.2, -0.15) is 0 Å². The van der Waals surface area contributed by atoms with Gasteiger partial charge < -0.3 is 16.0 Å². The zero-order valence-corrected chi connectivity index (χ0v) is 18.4. The fraction of sp³-hybridized carbons (Fsp3) is 0.875. The van der Waals surface area contributed by atoms with Gasteiger partial charge in [0.15, 0.2) is 5.96 Å². The van der Waals surface area contributed by atoms with E-state index in [4.69, 9.17) is 10.7 Å². The third-order valence-electron chi connectivity index (χ3n) is 4.11. The van der Waals surface area contributed by atoms with E-state index in [1.807, 2.05) is 20.4 Å². The standard InChI is InChI=1S/C16H34N6O2S2/c1-12(2)15(19-14(25-5)11-21(3)4)20-16(17)18-13-7-9-22(10-8-13)26(6,23)24/h12-13,15H,7-11H2,1-6H3,(H3,17,18,20). The van der Waals surface area contributed by atoms with Crippen molar-refractivity contribution in [3.63, 3.8) is 0 Å². The van der Waals surface area contributed by atoms with E-state index < -0.39 is 10.0 Å². The Morgan fingerprint density at radius 3 is 2.35 bits per heavy atom. The molecule has 1 saturated heterocycles. The van der Waals surface area contributed by atoms with Gasteiger partial charge in [-0.05, 0) is 39.1 Å². The van der Waals surface area contributed by atoms with Crippen molar-refractivity contribution in [1.82, 2.24) is 14.5 Å². The van der Waals surface area contributed by atoms with Gasteiger partial charge in [0.1, 0.15) is 6.17 Å². The summed E-state index contributed by atoms with van der Waals surface area (Å²) in [5, 5.41) is 4.26. The van der Waals surface area contributed by atoms with Crippen LogP contribution < -0.4 is 11.1 Å². The van der Waals surface area contributed by atoms with Crippen molar-refractivity contribution in [2.45, 2.75) is 38.9 Å². The minimum atomic E-state index is -3.12. The van der Waals surface area contributed by atoms with Crippen molar-refractivity contribution < 1.29 is 8.42 Å². The van der Waals surface area contributed by atoms with E-state index in [0.717, 1.165) is 11.6 Å². The maximum absolute atomic E-state index is 11.6. The van der Waals surface area contributed by atoms with Crippen molar-refractivity contribution in [1.29, 1.82) is 0 Å². The topological polar surface area (TPSA) is 103 Å². The third-order valence-corrected chi connectivity index (χ3v) is 6.12. The van der Waals surface area contributed by atoms with Gasteiger partial charge in [-0.3, -0.25) is 4.99 Å². The fourth-order valence-corrected chi connectivity index (χ4v) is 4.10. The first-order valence-corrected chi connectivity index (χ1v) is 11.9. The molecule has 0 amide bonds. The summed E-state index contributed by atoms with van der Waals surface area (Å²) in [4.78, 5) is 11.4. The molecular formula is C16H34N6O2S2. The first-order valence-electron chi connectivity index (χ1n) is 8.83. The van der Waals surface area contributed by atoms with E-state index in [1.165, 1.54) is 10.6 Å². The van der Waals surface area contributed by atoms with Gasteiger partial charge >= 0.3 is 0 Å². The van der Waals surface area contributed by atoms with Crippen molar-refractivity contribution in [2.75, 3.05) is 46.2 Å². The molecule has 1 aliphatic rings. The maximum atomic E-state index is 11.6. The lowest BCUT2D eigenvalue weighted by Gasteiger charge is -2.28. The Balaban J connectivity index is 2.71. The molecule has 152 valence electrons. The summed E-state index contributed by atoms with van der Waals surface area (Å²) in [7, 11) is 0.912. The average Bonchev–Trinajstić information content (AvgIpc) is 2.52. The lowest BCUT2D eigenvalue weighted by molar-refractivity contribution is 0.322. The molecule has 0 aromatic rings. The van der Waals surface area contributed by atoms with Crippen LogP contribution in [0.1, 0.15) is 26.7 Å². The zero-order chi connectivity index (χ0) is 19.9. The minimum Gasteiger partial charge on any atom is -0.370 e. The molecule has 1 fully saturated rings. The molecule has 0 bridgehead atoms. The minimum absolute atomic E-state index is 0.0408. The van der Waals surface area contributed by atoms with Gasteiger partial charge in [-0.25, -0.2) is 17.7 Å². The van der Waals surface area contributed by atoms with E-state index in [1.54, 1.807) is 11.8 Å². The van der Waals surface area contributed by atoms with E-state index in [2.05, 4.69) is 29.1 Å². The Morgan fingerprint density at radius 1 is 1.35 bits per heavy atom. The predicted molar refractivity (Wildman–Crippen MR) is 112 cm³/mol. The Morgan fingerprint density at radius 2 is 1.92 bits per heavy atom. The van der Waals surface area contributed by atoms with Crippen molar-refractivity contribution in [3.05, 3.63) is 0 Å². The summed E-state index contributed by atoms with van der Waals surface area (Å²) < 4.78 is 24.6. The van der Waals surface area contributed by atoms with E-state index in [9.17, 15) is 8.42 Å². The lowest BCUT2D eigenvalue weighted by Crippen LogP contribution is -2.44. The number of hydrogen-bond acceptors (Lipinski definition) is 6. The third kappa shape index (κ3) is 8.24. The lowest BCUT2D eigenvalue weighted by atomic mass is 10.1. The molecule has 0 aromatic heterocycles. The highest BCUT2D eigenvalue weighted by Gasteiger charge is 2.25. The van der Waals surface area contributed by atoms with Gasteiger partial charge in [-0.1, -0.05) is 13.8 Å². The molecule has 10 heteroatoms. The van der Waals surface area contributed by atoms with Gasteiger partial charge in [-0.15, -0.1) is 11.8 Å². The summed E-state index contributed by atoms with van der Waals surface area (Å²) in [5.74, 6) is 0.635. The molecule has 1 heterocycles. The number of sulfonamides is 1. The van der Waals surface area contributed by atoms with Crippen LogP contribution >= 0.6 is 11.8 Å². The smallest absolute Gasteiger partial charge is 0.211 e. The number of nitrogens with one attached hydrogen (secondary N) is 1. The summed E-state index contributed by atoms with van der Waals surface area (Å²) in [6, 6.07) is 0.0408. The highest BCUT2D eigenvalue weighted by molar-refractivity contribution is 8.13. The number of piperidine rings is 1. The molecule has 8 nitrogen and oxygen atoms in total. The highest BCUT2D eigenvalue weighted by Crippen LogP contribution is 2.16. The molecule has 1 aliphatic heterocycles. The normalized spacial score (nSPS) is 20.0. The van der Waals surface area contributed by atoms with Crippen molar-refractivity contribution in [2.24, 2.45) is 21.6 Å². The number of nitrogens with zero attached hydrogens (tertiary/aromatic N) is 4. The first kappa shape index (κ1) is 23.2. The second-order valence-corrected chi connectivity index (χ2v) is 10.1. The molecule has 0 spiro atoms. The second kappa shape index (κ2) is 10.5. The Kier molecular flexibility index (Phi) is 9.35. The monoisotopic (exact) mass is 406 g/mol. The zero-order valence-electron chi connectivity index (χ0n) is 16.8. The van der Waals surface area contributed by atoms with Gasteiger partial charge in [0, 0.05) is 19.6 Å². The van der Waals surface area contributed by atoms with E-state index in [-0.39, 0.29) is 18.1 Å². The van der Waals surface area contributed by atoms with Crippen molar-refractivity contribution in [3.8, 4) is 0 Å². The SMILES string of the molecule is CSC(CN(C)C)=NC(NC(N)=NC1CCN(S(C)(=O)=O)CC1)C(C)C. The first-order chi connectivity index (χ1) is 12.0. The number of hydrogen-bond donors (Lipinski definition) is 2. The summed E-state index contributed by atoms with van der Waals surface area (Å²) in [5.41, 5.74) is 6.10. The molecular weight excluding hydrogens is 372 g/mol. The van der Waals surface area contributed by atoms with Crippen LogP contribution in [0.5, 0.6) is 0 Å². The van der Waals surface area contributed by atoms with Crippen LogP contribution in [0.4, 0.5) is 0 Å². The van der Waals surface area contributed by atoms with Crippen LogP contribution in [-0.4, -0.2) is 87.1 Å². The molecule has 1 atom stereocenters. The number of guanidine groups is 1. The fourth-order valence-electron chi connectivity index (χ4n) is 2.62. The molecule has 0 radical (unpaired) electrons. The number of nitrogens with two attached hydrogens (primary N) is 1. The Hall–Kier alpha value is -0.840. The molecule has 0 aliphatic carbocycles. The van der Waals surface area contributed by atoms with Crippen LogP contribution in [0, 0.1) is 5.92 Å². The summed E-state index contributed by atoms with van der Waals surface area (Å²) in [6.45, 7) is 5.95. The van der Waals surface area contributed by atoms with Crippen LogP contribution in [0.25, 0.3) is 0 Å². The largest absolute Gasteiger partial charge is 0.370 e. The average molecular weight is 407 g/mol. The maximum Gasteiger partial charge on any atom is 0.211 e. The van der Waals surface area contributed by atoms with Crippen LogP contribution in [0.3, 0.4) is 0 Å². The molecule has 0 saturated carbocycles. The van der Waals surface area contributed by atoms with Crippen LogP contribution in [0.2, 0.25) is 0 Å². The van der Waals surface area contributed by atoms with Crippen LogP contribution in [0.15, 0.2) is 9.98 Å². The van der Waals surface area contributed by atoms with Gasteiger partial charge in [0.25, 0.3) is 0 Å². The van der Waals surface area contributed by atoms with E-state index >= 15 is 0 Å². The number of thioether (sulfide) groups is 1. The highest BCUT2D eigenvalue weighted by atomic mass is 32.2. The molecule has 0 aromatic carbocycles. The van der Waals surface area contributed by atoms with Crippen LogP contribution in [-0.2, 0) is 10.0 Å². The molecule has 1 rings (SSSR count).